The second-order valence-corrected chi connectivity index (χ2v) is 4.09. The zero-order valence-electron chi connectivity index (χ0n) is 11.8. The molecule has 3 aromatic rings. The van der Waals surface area contributed by atoms with Gasteiger partial charge in [-0.05, 0) is 10.4 Å². The summed E-state index contributed by atoms with van der Waals surface area (Å²) >= 11 is 0. The van der Waals surface area contributed by atoms with Crippen molar-refractivity contribution in [2.45, 2.75) is 6.61 Å². The average molecular weight is 278 g/mol. The molecule has 0 spiro atoms. The molecule has 0 unspecified atom stereocenters. The molecule has 3 aromatic heterocycles. The number of ether oxygens (including phenoxy) is 1. The van der Waals surface area contributed by atoms with Gasteiger partial charge in [-0.25, -0.2) is 4.79 Å². The van der Waals surface area contributed by atoms with Gasteiger partial charge in [-0.2, -0.15) is 14.5 Å². The summed E-state index contributed by atoms with van der Waals surface area (Å²) in [7, 11) is 3.24. The molecule has 104 valence electrons. The predicted octanol–water partition coefficient (Wildman–Crippen LogP) is -0.998. The molecule has 3 heterocycles. The fourth-order valence-corrected chi connectivity index (χ4v) is 1.71. The number of aromatic amines is 1. The molecule has 10 nitrogen and oxygen atoms in total. The predicted molar refractivity (Wildman–Crippen MR) is 66.3 cm³/mol. The monoisotopic (exact) mass is 278 g/mol. The van der Waals surface area contributed by atoms with Crippen molar-refractivity contribution in [2.24, 2.45) is 14.1 Å². The minimum absolute atomic E-state index is 0.0935. The average Bonchev–Trinajstić information content (AvgIpc) is 3.10. The second-order valence-electron chi connectivity index (χ2n) is 4.09. The fraction of sp³-hybridized carbons (Fsp3) is 0.300. The van der Waals surface area contributed by atoms with Gasteiger partial charge in [-0.1, -0.05) is 0 Å². The number of nitrogens with one attached hydrogen (secondary N) is 1. The van der Waals surface area contributed by atoms with E-state index >= 15 is 0 Å². The van der Waals surface area contributed by atoms with E-state index in [-0.39, 0.29) is 12.3 Å². The molecule has 0 bridgehead atoms. The van der Waals surface area contributed by atoms with E-state index < -0.39 is 0 Å². The molecule has 3 rings (SSSR count). The SMILES string of the molecule is [3H]n1ccc(OCc2nn(C)cc2-n2nnn(C)c2=O)n1. The van der Waals surface area contributed by atoms with E-state index in [4.69, 9.17) is 6.15 Å². The number of nitrogens with zero attached hydrogens (tertiary/aromatic N) is 7. The maximum atomic E-state index is 11.9. The van der Waals surface area contributed by atoms with E-state index in [0.717, 1.165) is 14.5 Å². The highest BCUT2D eigenvalue weighted by Gasteiger charge is 2.15. The number of rotatable bonds is 4. The largest absolute Gasteiger partial charge is 0.470 e. The van der Waals surface area contributed by atoms with Crippen molar-refractivity contribution in [3.63, 3.8) is 0 Å². The van der Waals surface area contributed by atoms with Crippen LogP contribution in [-0.4, -0.2) is 39.8 Å². The lowest BCUT2D eigenvalue weighted by atomic mass is 10.4. The maximum Gasteiger partial charge on any atom is 0.368 e. The summed E-state index contributed by atoms with van der Waals surface area (Å²) in [5.74, 6) is 0.299. The summed E-state index contributed by atoms with van der Waals surface area (Å²) in [6.07, 6.45) is 3.10. The van der Waals surface area contributed by atoms with E-state index in [1.54, 1.807) is 24.0 Å². The van der Waals surface area contributed by atoms with Crippen LogP contribution >= 0.6 is 0 Å². The molecule has 0 atom stereocenters. The number of tetrazole rings is 1. The van der Waals surface area contributed by atoms with Gasteiger partial charge in [0.1, 0.15) is 18.0 Å². The van der Waals surface area contributed by atoms with E-state index in [1.165, 1.54) is 13.2 Å². The first-order valence-electron chi connectivity index (χ1n) is 6.19. The highest BCUT2D eigenvalue weighted by Crippen LogP contribution is 2.12. The third-order valence-electron chi connectivity index (χ3n) is 2.63. The lowest BCUT2D eigenvalue weighted by Gasteiger charge is -2.01. The topological polar surface area (TPSA) is 108 Å². The molecular formula is C10H12N8O2. The fourth-order valence-electron chi connectivity index (χ4n) is 1.71. The summed E-state index contributed by atoms with van der Waals surface area (Å²) in [5.41, 5.74) is 0.625. The van der Waals surface area contributed by atoms with Crippen molar-refractivity contribution in [1.29, 1.82) is 0 Å². The molecule has 0 saturated heterocycles. The third kappa shape index (κ3) is 2.06. The molecule has 20 heavy (non-hydrogen) atoms. The van der Waals surface area contributed by atoms with Crippen LogP contribution in [0.25, 0.3) is 5.69 Å². The van der Waals surface area contributed by atoms with E-state index in [1.807, 2.05) is 0 Å². The van der Waals surface area contributed by atoms with E-state index in [9.17, 15) is 4.79 Å². The Hall–Kier alpha value is -2.91. The number of aryl methyl sites for hydroxylation is 2. The molecule has 0 fully saturated rings. The van der Waals surface area contributed by atoms with Crippen LogP contribution in [0.5, 0.6) is 5.88 Å². The molecule has 0 radical (unpaired) electrons. The van der Waals surface area contributed by atoms with Crippen molar-refractivity contribution in [3.05, 3.63) is 34.6 Å². The first kappa shape index (κ1) is 11.0. The zero-order chi connectivity index (χ0) is 15.0. The molecule has 0 aliphatic carbocycles. The van der Waals surface area contributed by atoms with Crippen molar-refractivity contribution < 1.29 is 6.15 Å². The maximum absolute atomic E-state index is 11.9. The first-order valence-corrected chi connectivity index (χ1v) is 5.74. The van der Waals surface area contributed by atoms with Gasteiger partial charge < -0.3 is 4.74 Å². The molecule has 0 amide bonds. The Morgan fingerprint density at radius 2 is 2.30 bits per heavy atom. The summed E-state index contributed by atoms with van der Waals surface area (Å²) in [4.78, 5) is 11.9. The van der Waals surface area contributed by atoms with Gasteiger partial charge in [-0.15, -0.1) is 5.10 Å². The Morgan fingerprint density at radius 1 is 1.45 bits per heavy atom. The van der Waals surface area contributed by atoms with Crippen LogP contribution in [0, 0.1) is 0 Å². The molecule has 0 saturated carbocycles. The highest BCUT2D eigenvalue weighted by molar-refractivity contribution is 5.32. The van der Waals surface area contributed by atoms with Crippen molar-refractivity contribution in [3.8, 4) is 11.6 Å². The van der Waals surface area contributed by atoms with Crippen molar-refractivity contribution >= 4 is 0 Å². The Kier molecular flexibility index (Phi) is 2.55. The molecule has 0 aromatic carbocycles. The molecule has 1 N–H and O–H groups in total. The van der Waals surface area contributed by atoms with Crippen LogP contribution in [0.1, 0.15) is 5.69 Å². The smallest absolute Gasteiger partial charge is 0.368 e. The van der Waals surface area contributed by atoms with Crippen LogP contribution in [-0.2, 0) is 20.7 Å². The molecule has 10 heteroatoms. The summed E-state index contributed by atoms with van der Waals surface area (Å²) in [6, 6.07) is 1.56. The normalized spacial score (nSPS) is 11.6. The van der Waals surface area contributed by atoms with Gasteiger partial charge in [-0.3, -0.25) is 9.77 Å². The van der Waals surface area contributed by atoms with Gasteiger partial charge in [0.15, 0.2) is 1.41 Å². The number of aromatic nitrogens is 8. The summed E-state index contributed by atoms with van der Waals surface area (Å²) in [5, 5.41) is 16.3. The second kappa shape index (κ2) is 4.64. The molecule has 0 aliphatic heterocycles. The quantitative estimate of drug-likeness (QED) is 0.656. The van der Waals surface area contributed by atoms with Crippen molar-refractivity contribution in [1.82, 2.24) is 39.8 Å². The standard InChI is InChI=1S/C10H12N8O2/c1-16-5-8(18-10(19)17(2)14-15-18)7(13-16)6-20-9-3-4-11-12-9/h3-5H,6H2,1-2H3,(H,11,12)/i/hT. The zero-order valence-corrected chi connectivity index (χ0v) is 10.8. The number of hydrogen-bond donors (Lipinski definition) is 1. The highest BCUT2D eigenvalue weighted by atomic mass is 16.5. The molecular weight excluding hydrogens is 264 g/mol. The van der Waals surface area contributed by atoms with Gasteiger partial charge in [0.25, 0.3) is 0 Å². The van der Waals surface area contributed by atoms with Crippen LogP contribution in [0.3, 0.4) is 0 Å². The van der Waals surface area contributed by atoms with E-state index in [2.05, 4.69) is 20.6 Å². The number of hydrogen-bond acceptors (Lipinski definition) is 6. The summed E-state index contributed by atoms with van der Waals surface area (Å²) < 4.78 is 16.5. The third-order valence-corrected chi connectivity index (χ3v) is 2.63. The minimum Gasteiger partial charge on any atom is -0.470 e. The van der Waals surface area contributed by atoms with Gasteiger partial charge in [0.05, 0.1) is 6.20 Å². The Balaban J connectivity index is 1.89. The van der Waals surface area contributed by atoms with Crippen LogP contribution in [0.2, 0.25) is 1.41 Å². The Bertz CT molecular complexity index is 828. The summed E-state index contributed by atoms with van der Waals surface area (Å²) in [6.45, 7) is 0.0935. The minimum atomic E-state index is -0.375. The van der Waals surface area contributed by atoms with Gasteiger partial charge >= 0.3 is 5.69 Å². The first-order chi connectivity index (χ1) is 10.0. The lowest BCUT2D eigenvalue weighted by molar-refractivity contribution is 0.287. The number of H-pyrrole nitrogens is 1. The Labute approximate surface area is 114 Å². The van der Waals surface area contributed by atoms with E-state index in [0.29, 0.717) is 17.3 Å². The van der Waals surface area contributed by atoms with Crippen LogP contribution < -0.4 is 10.4 Å². The van der Waals surface area contributed by atoms with Crippen molar-refractivity contribution in [2.75, 3.05) is 0 Å². The van der Waals surface area contributed by atoms with Gasteiger partial charge in [0, 0.05) is 26.4 Å². The van der Waals surface area contributed by atoms with Crippen LogP contribution in [0.15, 0.2) is 23.3 Å². The van der Waals surface area contributed by atoms with Gasteiger partial charge in [0.2, 0.25) is 5.88 Å². The lowest BCUT2D eigenvalue weighted by Crippen LogP contribution is -2.22. The molecule has 0 aliphatic rings. The Morgan fingerprint density at radius 3 is 2.95 bits per heavy atom. The van der Waals surface area contributed by atoms with Crippen LogP contribution in [0.4, 0.5) is 0 Å².